The zero-order valence-electron chi connectivity index (χ0n) is 20.3. The highest BCUT2D eigenvalue weighted by atomic mass is 19.1. The summed E-state index contributed by atoms with van der Waals surface area (Å²) in [5.74, 6) is 0.277. The first-order valence-corrected chi connectivity index (χ1v) is 11.8. The number of likely N-dealkylation sites (tertiary alicyclic amines) is 1. The third-order valence-corrected chi connectivity index (χ3v) is 6.36. The van der Waals surface area contributed by atoms with Crippen LogP contribution < -0.4 is 10.2 Å². The minimum absolute atomic E-state index is 0.157. The van der Waals surface area contributed by atoms with Crippen LogP contribution in [0.4, 0.5) is 25.5 Å². The standard InChI is InChI=1S/C25H29FN6O3/c1-25(2,3)35-24(34)31-9-6-15(14-31)18-5-8-27-22-19(18)7-10-32(22)23(33)28-17-11-16-13-30(4)29-21(16)20(26)12-17/h5,8,11-13,15H,6-7,9-10,14H2,1-4H3,(H,28,33). The van der Waals surface area contributed by atoms with E-state index in [9.17, 15) is 14.0 Å². The number of hydrogen-bond donors (Lipinski definition) is 1. The molecule has 2 aliphatic heterocycles. The van der Waals surface area contributed by atoms with Crippen molar-refractivity contribution in [3.8, 4) is 0 Å². The lowest BCUT2D eigenvalue weighted by molar-refractivity contribution is 0.0292. The third kappa shape index (κ3) is 4.52. The number of aryl methyl sites for hydroxylation is 1. The van der Waals surface area contributed by atoms with Gasteiger partial charge in [-0.05, 0) is 57.4 Å². The number of anilines is 2. The van der Waals surface area contributed by atoms with Crippen LogP contribution in [0.5, 0.6) is 0 Å². The maximum Gasteiger partial charge on any atom is 0.410 e. The summed E-state index contributed by atoms with van der Waals surface area (Å²) in [5, 5.41) is 7.51. The first-order chi connectivity index (χ1) is 16.6. The smallest absolute Gasteiger partial charge is 0.410 e. The van der Waals surface area contributed by atoms with Crippen LogP contribution in [-0.4, -0.2) is 57.0 Å². The van der Waals surface area contributed by atoms with Gasteiger partial charge < -0.3 is 15.0 Å². The van der Waals surface area contributed by atoms with Gasteiger partial charge in [0.2, 0.25) is 0 Å². The molecule has 10 heteroatoms. The number of rotatable bonds is 2. The van der Waals surface area contributed by atoms with Crippen LogP contribution >= 0.6 is 0 Å². The van der Waals surface area contributed by atoms with Gasteiger partial charge in [0.05, 0.1) is 0 Å². The van der Waals surface area contributed by atoms with Crippen molar-refractivity contribution in [3.63, 3.8) is 0 Å². The van der Waals surface area contributed by atoms with Gasteiger partial charge in [0, 0.05) is 61.6 Å². The Morgan fingerprint density at radius 2 is 2.03 bits per heavy atom. The molecule has 2 aliphatic rings. The largest absolute Gasteiger partial charge is 0.444 e. The number of carbonyl (C=O) groups is 2. The van der Waals surface area contributed by atoms with E-state index in [1.54, 1.807) is 35.3 Å². The summed E-state index contributed by atoms with van der Waals surface area (Å²) in [6.07, 6.45) is 4.61. The Morgan fingerprint density at radius 3 is 2.80 bits per heavy atom. The summed E-state index contributed by atoms with van der Waals surface area (Å²) in [6.45, 7) is 7.25. The van der Waals surface area contributed by atoms with Gasteiger partial charge in [-0.25, -0.2) is 19.0 Å². The van der Waals surface area contributed by atoms with E-state index in [0.29, 0.717) is 42.9 Å². The lowest BCUT2D eigenvalue weighted by Crippen LogP contribution is -2.35. The lowest BCUT2D eigenvalue weighted by Gasteiger charge is -2.24. The minimum atomic E-state index is -0.536. The molecule has 0 spiro atoms. The number of aromatic nitrogens is 3. The highest BCUT2D eigenvalue weighted by Crippen LogP contribution is 2.37. The van der Waals surface area contributed by atoms with E-state index in [1.807, 2.05) is 26.8 Å². The van der Waals surface area contributed by atoms with Gasteiger partial charge in [0.15, 0.2) is 5.82 Å². The van der Waals surface area contributed by atoms with Gasteiger partial charge in [-0.1, -0.05) is 0 Å². The zero-order chi connectivity index (χ0) is 24.9. The second kappa shape index (κ2) is 8.51. The van der Waals surface area contributed by atoms with Crippen molar-refractivity contribution in [1.82, 2.24) is 19.7 Å². The molecule has 4 heterocycles. The van der Waals surface area contributed by atoms with Gasteiger partial charge in [-0.3, -0.25) is 9.58 Å². The fourth-order valence-electron chi connectivity index (χ4n) is 4.88. The topological polar surface area (TPSA) is 92.6 Å². The Labute approximate surface area is 202 Å². The van der Waals surface area contributed by atoms with E-state index in [2.05, 4.69) is 15.4 Å². The van der Waals surface area contributed by atoms with Crippen LogP contribution in [0.2, 0.25) is 0 Å². The molecule has 0 bridgehead atoms. The summed E-state index contributed by atoms with van der Waals surface area (Å²) in [7, 11) is 1.72. The number of hydrogen-bond acceptors (Lipinski definition) is 5. The van der Waals surface area contributed by atoms with E-state index >= 15 is 0 Å². The molecular weight excluding hydrogens is 451 g/mol. The monoisotopic (exact) mass is 480 g/mol. The van der Waals surface area contributed by atoms with Gasteiger partial charge in [-0.2, -0.15) is 5.10 Å². The van der Waals surface area contributed by atoms with E-state index in [4.69, 9.17) is 4.74 Å². The molecule has 184 valence electrons. The molecule has 1 unspecified atom stereocenters. The van der Waals surface area contributed by atoms with Crippen molar-refractivity contribution in [1.29, 1.82) is 0 Å². The molecule has 1 atom stereocenters. The number of pyridine rings is 1. The van der Waals surface area contributed by atoms with Gasteiger partial charge in [0.1, 0.15) is 16.9 Å². The summed E-state index contributed by atoms with van der Waals surface area (Å²) in [6, 6.07) is 4.60. The number of amides is 3. The summed E-state index contributed by atoms with van der Waals surface area (Å²) < 4.78 is 21.5. The molecule has 1 fully saturated rings. The number of carbonyl (C=O) groups excluding carboxylic acids is 2. The predicted octanol–water partition coefficient (Wildman–Crippen LogP) is 4.43. The average molecular weight is 481 g/mol. The number of fused-ring (bicyclic) bond motifs is 2. The zero-order valence-corrected chi connectivity index (χ0v) is 20.3. The van der Waals surface area contributed by atoms with Gasteiger partial charge >= 0.3 is 12.1 Å². The fraction of sp³-hybridized carbons (Fsp3) is 0.440. The number of nitrogens with zero attached hydrogens (tertiary/aromatic N) is 5. The fourth-order valence-corrected chi connectivity index (χ4v) is 4.88. The highest BCUT2D eigenvalue weighted by Gasteiger charge is 2.35. The molecule has 2 aromatic heterocycles. The van der Waals surface area contributed by atoms with Crippen molar-refractivity contribution >= 4 is 34.5 Å². The Balaban J connectivity index is 1.32. The predicted molar refractivity (Wildman–Crippen MR) is 130 cm³/mol. The van der Waals surface area contributed by atoms with Crippen LogP contribution in [0.15, 0.2) is 30.6 Å². The van der Waals surface area contributed by atoms with E-state index in [-0.39, 0.29) is 23.6 Å². The molecule has 5 rings (SSSR count). The van der Waals surface area contributed by atoms with Crippen molar-refractivity contribution in [3.05, 3.63) is 47.5 Å². The lowest BCUT2D eigenvalue weighted by atomic mass is 9.94. The van der Waals surface area contributed by atoms with Crippen LogP contribution in [0.1, 0.15) is 44.2 Å². The molecule has 3 amide bonds. The second-order valence-electron chi connectivity index (χ2n) is 10.1. The van der Waals surface area contributed by atoms with Crippen molar-refractivity contribution in [2.24, 2.45) is 7.05 Å². The molecule has 1 N–H and O–H groups in total. The number of ether oxygens (including phenoxy) is 1. The van der Waals surface area contributed by atoms with E-state index in [1.165, 1.54) is 10.7 Å². The van der Waals surface area contributed by atoms with Crippen LogP contribution in [0.25, 0.3) is 10.9 Å². The summed E-state index contributed by atoms with van der Waals surface area (Å²) in [5.41, 5.74) is 2.22. The molecule has 0 saturated carbocycles. The molecule has 1 saturated heterocycles. The highest BCUT2D eigenvalue weighted by molar-refractivity contribution is 6.03. The Hall–Kier alpha value is -3.69. The maximum atomic E-state index is 14.4. The Kier molecular flexibility index (Phi) is 5.61. The number of urea groups is 1. The molecule has 3 aromatic rings. The first-order valence-electron chi connectivity index (χ1n) is 11.8. The van der Waals surface area contributed by atoms with E-state index < -0.39 is 11.4 Å². The Morgan fingerprint density at radius 1 is 1.23 bits per heavy atom. The second-order valence-corrected chi connectivity index (χ2v) is 10.1. The SMILES string of the molecule is Cn1cc2cc(NC(=O)N3CCc4c(C5CCN(C(=O)OC(C)(C)C)C5)ccnc43)cc(F)c2n1. The van der Waals surface area contributed by atoms with E-state index in [0.717, 1.165) is 17.5 Å². The van der Waals surface area contributed by atoms with Crippen molar-refractivity contribution in [2.75, 3.05) is 29.9 Å². The quantitative estimate of drug-likeness (QED) is 0.586. The normalized spacial score (nSPS) is 17.7. The van der Waals surface area contributed by atoms with Crippen LogP contribution in [0, 0.1) is 5.82 Å². The van der Waals surface area contributed by atoms with Crippen molar-refractivity contribution < 1.29 is 18.7 Å². The Bertz CT molecular complexity index is 1310. The number of benzene rings is 1. The molecule has 0 aliphatic carbocycles. The summed E-state index contributed by atoms with van der Waals surface area (Å²) >= 11 is 0. The summed E-state index contributed by atoms with van der Waals surface area (Å²) in [4.78, 5) is 33.4. The molecule has 0 radical (unpaired) electrons. The van der Waals surface area contributed by atoms with Crippen LogP contribution in [0.3, 0.4) is 0 Å². The minimum Gasteiger partial charge on any atom is -0.444 e. The van der Waals surface area contributed by atoms with Gasteiger partial charge in [0.25, 0.3) is 0 Å². The van der Waals surface area contributed by atoms with Crippen molar-refractivity contribution in [2.45, 2.75) is 45.1 Å². The number of halogens is 1. The average Bonchev–Trinajstić information content (AvgIpc) is 3.50. The molecule has 9 nitrogen and oxygen atoms in total. The third-order valence-electron chi connectivity index (χ3n) is 6.36. The molecular formula is C25H29FN6O3. The maximum absolute atomic E-state index is 14.4. The first kappa shape index (κ1) is 23.1. The van der Waals surface area contributed by atoms with Gasteiger partial charge in [-0.15, -0.1) is 0 Å². The number of nitrogens with one attached hydrogen (secondary N) is 1. The molecule has 1 aromatic carbocycles. The van der Waals surface area contributed by atoms with Crippen LogP contribution in [-0.2, 0) is 18.2 Å². The molecule has 35 heavy (non-hydrogen) atoms.